The molecule has 3 heterocycles. The minimum atomic E-state index is -0.0722. The number of hydrogen-bond acceptors (Lipinski definition) is 4. The average Bonchev–Trinajstić information content (AvgIpc) is 3.20. The van der Waals surface area contributed by atoms with E-state index in [4.69, 9.17) is 0 Å². The monoisotopic (exact) mass is 359 g/mol. The standard InChI is InChI=1S/C22H21N3O2/c1-22(2)12-23-20-19(26)16-11-15(7-8-18(16)25(20)13-22)21(27)24-10-9-14-5-3-4-6-17(14)24/h3-8,11H,9-10,12-13H2,1-2H3. The van der Waals surface area contributed by atoms with Gasteiger partial charge in [-0.3, -0.25) is 14.6 Å². The van der Waals surface area contributed by atoms with Gasteiger partial charge in [-0.1, -0.05) is 32.0 Å². The molecule has 27 heavy (non-hydrogen) atoms. The van der Waals surface area contributed by atoms with Crippen molar-refractivity contribution in [2.45, 2.75) is 20.3 Å². The molecule has 0 atom stereocenters. The van der Waals surface area contributed by atoms with Crippen LogP contribution in [-0.2, 0) is 6.42 Å². The Morgan fingerprint density at radius 2 is 1.93 bits per heavy atom. The molecule has 1 amide bonds. The summed E-state index contributed by atoms with van der Waals surface area (Å²) >= 11 is 0. The minimum Gasteiger partial charge on any atom is -0.322 e. The minimum absolute atomic E-state index is 0.0269. The summed E-state index contributed by atoms with van der Waals surface area (Å²) in [7, 11) is 0. The first kappa shape index (κ1) is 16.2. The molecular weight excluding hydrogens is 338 g/mol. The highest BCUT2D eigenvalue weighted by Gasteiger charge is 2.40. The number of amidine groups is 1. The number of ketones is 1. The van der Waals surface area contributed by atoms with E-state index in [1.54, 1.807) is 6.07 Å². The highest BCUT2D eigenvalue weighted by atomic mass is 16.2. The number of hydrogen-bond donors (Lipinski definition) is 0. The van der Waals surface area contributed by atoms with Gasteiger partial charge in [-0.05, 0) is 36.2 Å². The average molecular weight is 359 g/mol. The normalized spacial score (nSPS) is 19.5. The van der Waals surface area contributed by atoms with Gasteiger partial charge in [-0.25, -0.2) is 0 Å². The number of benzene rings is 2. The molecular formula is C22H21N3O2. The predicted octanol–water partition coefficient (Wildman–Crippen LogP) is 3.33. The lowest BCUT2D eigenvalue weighted by atomic mass is 9.91. The van der Waals surface area contributed by atoms with E-state index in [1.165, 1.54) is 5.56 Å². The third-order valence-corrected chi connectivity index (χ3v) is 5.61. The molecule has 3 aliphatic heterocycles. The Bertz CT molecular complexity index is 1020. The number of anilines is 2. The van der Waals surface area contributed by atoms with Crippen molar-refractivity contribution in [3.05, 3.63) is 59.2 Å². The van der Waals surface area contributed by atoms with Gasteiger partial charge in [0.05, 0.1) is 11.3 Å². The smallest absolute Gasteiger partial charge is 0.258 e. The topological polar surface area (TPSA) is 53.0 Å². The van der Waals surface area contributed by atoms with Crippen LogP contribution in [0.3, 0.4) is 0 Å². The largest absolute Gasteiger partial charge is 0.322 e. The maximum atomic E-state index is 13.1. The molecule has 0 fully saturated rings. The number of amides is 1. The maximum absolute atomic E-state index is 13.1. The van der Waals surface area contributed by atoms with Crippen LogP contribution in [0.2, 0.25) is 0 Å². The van der Waals surface area contributed by atoms with Gasteiger partial charge in [0.2, 0.25) is 5.78 Å². The first-order chi connectivity index (χ1) is 12.9. The summed E-state index contributed by atoms with van der Waals surface area (Å²) in [5.41, 5.74) is 4.20. The number of carbonyl (C=O) groups excluding carboxylic acids is 2. The van der Waals surface area contributed by atoms with Gasteiger partial charge in [0, 0.05) is 36.3 Å². The zero-order valence-electron chi connectivity index (χ0n) is 15.5. The molecule has 2 aromatic rings. The molecule has 0 aromatic heterocycles. The molecule has 0 saturated carbocycles. The zero-order valence-corrected chi connectivity index (χ0v) is 15.5. The van der Waals surface area contributed by atoms with Crippen LogP contribution in [0, 0.1) is 5.41 Å². The van der Waals surface area contributed by atoms with Crippen molar-refractivity contribution in [1.82, 2.24) is 0 Å². The van der Waals surface area contributed by atoms with Crippen molar-refractivity contribution >= 4 is 28.9 Å². The van der Waals surface area contributed by atoms with E-state index in [-0.39, 0.29) is 17.1 Å². The first-order valence-corrected chi connectivity index (χ1v) is 9.35. The summed E-state index contributed by atoms with van der Waals surface area (Å²) in [4.78, 5) is 34.3. The van der Waals surface area contributed by atoms with Crippen molar-refractivity contribution in [2.75, 3.05) is 29.4 Å². The summed E-state index contributed by atoms with van der Waals surface area (Å²) in [6, 6.07) is 13.5. The molecule has 0 radical (unpaired) electrons. The van der Waals surface area contributed by atoms with Gasteiger partial charge >= 0.3 is 0 Å². The van der Waals surface area contributed by atoms with E-state index in [2.05, 4.69) is 24.9 Å². The highest BCUT2D eigenvalue weighted by Crippen LogP contribution is 2.37. The predicted molar refractivity (Wildman–Crippen MR) is 106 cm³/mol. The van der Waals surface area contributed by atoms with Crippen LogP contribution in [0.5, 0.6) is 0 Å². The molecule has 5 nitrogen and oxygen atoms in total. The van der Waals surface area contributed by atoms with E-state index in [1.807, 2.05) is 40.1 Å². The molecule has 2 aromatic carbocycles. The van der Waals surface area contributed by atoms with E-state index >= 15 is 0 Å². The summed E-state index contributed by atoms with van der Waals surface area (Å²) in [5.74, 6) is 0.389. The number of nitrogens with zero attached hydrogens (tertiary/aromatic N) is 3. The molecule has 3 aliphatic rings. The SMILES string of the molecule is CC1(C)CN=C2C(=O)c3cc(C(=O)N4CCc5ccccc54)ccc3N2C1. The van der Waals surface area contributed by atoms with Crippen LogP contribution in [0.25, 0.3) is 0 Å². The van der Waals surface area contributed by atoms with Gasteiger partial charge in [0.25, 0.3) is 5.91 Å². The van der Waals surface area contributed by atoms with Crippen molar-refractivity contribution in [1.29, 1.82) is 0 Å². The Labute approximate surface area is 158 Å². The molecule has 0 spiro atoms. The summed E-state index contributed by atoms with van der Waals surface area (Å²) < 4.78 is 0. The number of rotatable bonds is 1. The third-order valence-electron chi connectivity index (χ3n) is 5.61. The lowest BCUT2D eigenvalue weighted by Crippen LogP contribution is -2.44. The molecule has 0 bridgehead atoms. The fraction of sp³-hybridized carbons (Fsp3) is 0.318. The molecule has 136 valence electrons. The number of fused-ring (bicyclic) bond motifs is 4. The van der Waals surface area contributed by atoms with Crippen LogP contribution in [-0.4, -0.2) is 37.2 Å². The van der Waals surface area contributed by atoms with E-state index in [9.17, 15) is 9.59 Å². The number of Topliss-reactive ketones (excluding diaryl/α,β-unsaturated/α-hetero) is 1. The number of aliphatic imine (C=N–C) groups is 1. The van der Waals surface area contributed by atoms with Crippen LogP contribution in [0.4, 0.5) is 11.4 Å². The Morgan fingerprint density at radius 3 is 2.78 bits per heavy atom. The lowest BCUT2D eigenvalue weighted by molar-refractivity contribution is 0.0989. The van der Waals surface area contributed by atoms with Crippen LogP contribution in [0.1, 0.15) is 40.1 Å². The Balaban J connectivity index is 1.51. The van der Waals surface area contributed by atoms with Crippen molar-refractivity contribution in [3.8, 4) is 0 Å². The maximum Gasteiger partial charge on any atom is 0.258 e. The van der Waals surface area contributed by atoms with E-state index < -0.39 is 0 Å². The summed E-state index contributed by atoms with van der Waals surface area (Å²) in [6.07, 6.45) is 0.867. The second kappa shape index (κ2) is 5.52. The van der Waals surface area contributed by atoms with Gasteiger partial charge in [0.1, 0.15) is 0 Å². The van der Waals surface area contributed by atoms with Gasteiger partial charge in [-0.15, -0.1) is 0 Å². The van der Waals surface area contributed by atoms with Crippen molar-refractivity contribution in [2.24, 2.45) is 10.4 Å². The molecule has 5 heteroatoms. The second-order valence-electron chi connectivity index (χ2n) is 8.29. The molecule has 5 rings (SSSR count). The van der Waals surface area contributed by atoms with Crippen LogP contribution < -0.4 is 9.80 Å². The highest BCUT2D eigenvalue weighted by molar-refractivity contribution is 6.54. The quantitative estimate of drug-likeness (QED) is 0.785. The molecule has 0 saturated heterocycles. The fourth-order valence-corrected chi connectivity index (χ4v) is 4.23. The van der Waals surface area contributed by atoms with Crippen LogP contribution in [0.15, 0.2) is 47.5 Å². The number of para-hydroxylation sites is 1. The number of carbonyl (C=O) groups is 2. The van der Waals surface area contributed by atoms with Gasteiger partial charge in [0.15, 0.2) is 5.84 Å². The van der Waals surface area contributed by atoms with E-state index in [0.29, 0.717) is 30.1 Å². The Hall–Kier alpha value is -2.95. The Kier molecular flexibility index (Phi) is 3.32. The van der Waals surface area contributed by atoms with Crippen LogP contribution >= 0.6 is 0 Å². The molecule has 0 N–H and O–H groups in total. The summed E-state index contributed by atoms with van der Waals surface area (Å²) in [5, 5.41) is 0. The molecule has 0 aliphatic carbocycles. The second-order valence-corrected chi connectivity index (χ2v) is 8.29. The third kappa shape index (κ3) is 2.41. The first-order valence-electron chi connectivity index (χ1n) is 9.35. The van der Waals surface area contributed by atoms with E-state index in [0.717, 1.165) is 24.3 Å². The zero-order chi connectivity index (χ0) is 18.8. The van der Waals surface area contributed by atoms with Crippen molar-refractivity contribution < 1.29 is 9.59 Å². The summed E-state index contributed by atoms with van der Waals surface area (Å²) in [6.45, 7) is 6.39. The Morgan fingerprint density at radius 1 is 1.11 bits per heavy atom. The van der Waals surface area contributed by atoms with Crippen molar-refractivity contribution in [3.63, 3.8) is 0 Å². The van der Waals surface area contributed by atoms with Gasteiger partial charge < -0.3 is 9.80 Å². The fourth-order valence-electron chi connectivity index (χ4n) is 4.23. The lowest BCUT2D eigenvalue weighted by Gasteiger charge is -2.34. The van der Waals surface area contributed by atoms with Gasteiger partial charge in [-0.2, -0.15) is 0 Å². The molecule has 0 unspecified atom stereocenters.